The van der Waals surface area contributed by atoms with Gasteiger partial charge in [-0.3, -0.25) is 9.36 Å². The predicted molar refractivity (Wildman–Crippen MR) is 120 cm³/mol. The summed E-state index contributed by atoms with van der Waals surface area (Å²) in [6.07, 6.45) is -10.5. The van der Waals surface area contributed by atoms with Crippen LogP contribution in [0.1, 0.15) is 39.7 Å². The molecule has 15 heteroatoms. The van der Waals surface area contributed by atoms with Crippen LogP contribution < -0.4 is 9.47 Å². The first-order valence-electron chi connectivity index (χ1n) is 10.3. The number of nitrogens with zero attached hydrogens (tertiary/aromatic N) is 3. The van der Waals surface area contributed by atoms with E-state index >= 15 is 0 Å². The van der Waals surface area contributed by atoms with E-state index < -0.39 is 47.0 Å². The Morgan fingerprint density at radius 2 is 1.81 bits per heavy atom. The number of carbonyl (C=O) groups excluding carboxylic acids is 1. The molecule has 0 saturated carbocycles. The lowest BCUT2D eigenvalue weighted by Gasteiger charge is -2.24. The Kier molecular flexibility index (Phi) is 7.25. The van der Waals surface area contributed by atoms with Gasteiger partial charge in [0.2, 0.25) is 5.82 Å². The minimum Gasteiger partial charge on any atom is -0.493 e. The molecule has 198 valence electrons. The van der Waals surface area contributed by atoms with Crippen molar-refractivity contribution in [1.82, 2.24) is 14.8 Å². The molecule has 37 heavy (non-hydrogen) atoms. The average Bonchev–Trinajstić information content (AvgIpc) is 3.22. The van der Waals surface area contributed by atoms with Gasteiger partial charge < -0.3 is 14.2 Å². The fraction of sp³-hybridized carbons (Fsp3) is 0.318. The van der Waals surface area contributed by atoms with Gasteiger partial charge in [0.1, 0.15) is 0 Å². The number of fused-ring (bicyclic) bond motifs is 3. The molecular weight excluding hydrogens is 552 g/mol. The Bertz CT molecular complexity index is 1330. The van der Waals surface area contributed by atoms with Crippen molar-refractivity contribution in [3.63, 3.8) is 0 Å². The summed E-state index contributed by atoms with van der Waals surface area (Å²) in [7, 11) is 2.24. The highest BCUT2D eigenvalue weighted by molar-refractivity contribution is 8.00. The Morgan fingerprint density at radius 1 is 1.08 bits per heavy atom. The van der Waals surface area contributed by atoms with Crippen molar-refractivity contribution in [1.29, 1.82) is 0 Å². The molecule has 4 rings (SSSR count). The number of aromatic nitrogens is 3. The molecule has 1 aromatic heterocycles. The highest BCUT2D eigenvalue weighted by atomic mass is 35.5. The number of esters is 1. The number of benzene rings is 2. The monoisotopic (exact) mass is 567 g/mol. The summed E-state index contributed by atoms with van der Waals surface area (Å²) in [6, 6.07) is 7.90. The second kappa shape index (κ2) is 9.97. The number of rotatable bonds is 5. The Balaban J connectivity index is 2.03. The lowest BCUT2D eigenvalue weighted by atomic mass is 10.0. The first-order valence-corrected chi connectivity index (χ1v) is 11.6. The minimum atomic E-state index is -5.11. The van der Waals surface area contributed by atoms with Crippen LogP contribution in [0.2, 0.25) is 5.02 Å². The van der Waals surface area contributed by atoms with Crippen molar-refractivity contribution in [2.24, 2.45) is 0 Å². The van der Waals surface area contributed by atoms with Gasteiger partial charge in [0.15, 0.2) is 17.3 Å². The molecule has 1 aliphatic rings. The molecule has 7 nitrogen and oxygen atoms in total. The first-order chi connectivity index (χ1) is 17.3. The first kappa shape index (κ1) is 26.9. The molecular formula is C22H16ClF6N3O4S. The number of alkyl halides is 6. The van der Waals surface area contributed by atoms with Gasteiger partial charge in [-0.25, -0.2) is 0 Å². The summed E-state index contributed by atoms with van der Waals surface area (Å²) in [6.45, 7) is 0. The normalized spacial score (nSPS) is 17.4. The second-order valence-electron chi connectivity index (χ2n) is 7.63. The fourth-order valence-corrected chi connectivity index (χ4v) is 5.59. The van der Waals surface area contributed by atoms with E-state index in [0.717, 1.165) is 30.5 Å². The molecule has 2 aromatic carbocycles. The van der Waals surface area contributed by atoms with E-state index in [0.29, 0.717) is 0 Å². The zero-order chi connectivity index (χ0) is 27.1. The molecule has 1 aliphatic heterocycles. The Labute approximate surface area is 214 Å². The number of hydrogen-bond donors (Lipinski definition) is 0. The van der Waals surface area contributed by atoms with Gasteiger partial charge >= 0.3 is 18.5 Å². The molecule has 0 spiro atoms. The van der Waals surface area contributed by atoms with Crippen LogP contribution in [0.5, 0.6) is 11.5 Å². The maximum Gasteiger partial charge on any atom is 0.573 e. The molecule has 0 bridgehead atoms. The maximum atomic E-state index is 13.9. The third-order valence-corrected chi connectivity index (χ3v) is 7.07. The summed E-state index contributed by atoms with van der Waals surface area (Å²) in [5.74, 6) is -3.34. The predicted octanol–water partition coefficient (Wildman–Crippen LogP) is 6.29. The zero-order valence-electron chi connectivity index (χ0n) is 18.9. The van der Waals surface area contributed by atoms with Crippen LogP contribution in [0.25, 0.3) is 5.69 Å². The number of para-hydroxylation sites is 1. The standard InChI is InChI=1S/C22H16ClF6N3O4S/c1-34-14-5-3-4-11(17(14)36-22(27,28)29)18-12-8-10(23)6-7-13(12)32-19(15(37-18)9-16(33)35-2)30-31-20(32)21(24,25)26/h3-8,15,18H,9H2,1-2H3/t15-,18-/m0/s1. The van der Waals surface area contributed by atoms with E-state index in [4.69, 9.17) is 21.1 Å². The molecule has 2 atom stereocenters. The van der Waals surface area contributed by atoms with Crippen molar-refractivity contribution in [2.75, 3.05) is 14.2 Å². The van der Waals surface area contributed by atoms with Crippen LogP contribution in [0.15, 0.2) is 36.4 Å². The third kappa shape index (κ3) is 5.44. The van der Waals surface area contributed by atoms with Gasteiger partial charge in [-0.1, -0.05) is 23.7 Å². The van der Waals surface area contributed by atoms with E-state index in [9.17, 15) is 31.1 Å². The number of halogens is 7. The number of ether oxygens (including phenoxy) is 3. The zero-order valence-corrected chi connectivity index (χ0v) is 20.4. The van der Waals surface area contributed by atoms with Crippen LogP contribution >= 0.6 is 23.4 Å². The summed E-state index contributed by atoms with van der Waals surface area (Å²) in [5, 5.41) is 4.90. The second-order valence-corrected chi connectivity index (χ2v) is 9.38. The largest absolute Gasteiger partial charge is 0.573 e. The van der Waals surface area contributed by atoms with Gasteiger partial charge in [-0.2, -0.15) is 13.2 Å². The van der Waals surface area contributed by atoms with Crippen molar-refractivity contribution >= 4 is 29.3 Å². The summed E-state index contributed by atoms with van der Waals surface area (Å²) in [5.41, 5.74) is -0.0496. The lowest BCUT2D eigenvalue weighted by molar-refractivity contribution is -0.275. The molecule has 0 aliphatic carbocycles. The molecule has 0 N–H and O–H groups in total. The maximum absolute atomic E-state index is 13.9. The third-order valence-electron chi connectivity index (χ3n) is 5.35. The molecule has 0 saturated heterocycles. The number of carbonyl (C=O) groups is 1. The topological polar surface area (TPSA) is 75.5 Å². The van der Waals surface area contributed by atoms with Gasteiger partial charge in [0.25, 0.3) is 0 Å². The van der Waals surface area contributed by atoms with E-state index in [1.165, 1.54) is 36.4 Å². The van der Waals surface area contributed by atoms with Gasteiger partial charge in [-0.05, 0) is 29.8 Å². The summed E-state index contributed by atoms with van der Waals surface area (Å²) >= 11 is 7.05. The Morgan fingerprint density at radius 3 is 2.43 bits per heavy atom. The van der Waals surface area contributed by atoms with Gasteiger partial charge in [0, 0.05) is 10.6 Å². The summed E-state index contributed by atoms with van der Waals surface area (Å²) < 4.78 is 96.7. The highest BCUT2D eigenvalue weighted by Gasteiger charge is 2.44. The fourth-order valence-electron chi connectivity index (χ4n) is 3.90. The molecule has 2 heterocycles. The van der Waals surface area contributed by atoms with Gasteiger partial charge in [0.05, 0.1) is 36.8 Å². The van der Waals surface area contributed by atoms with Crippen molar-refractivity contribution in [2.45, 2.75) is 29.5 Å². The minimum absolute atomic E-state index is 0.0765. The van der Waals surface area contributed by atoms with E-state index in [-0.39, 0.29) is 33.4 Å². The highest BCUT2D eigenvalue weighted by Crippen LogP contribution is 2.55. The Hall–Kier alpha value is -3.13. The van der Waals surface area contributed by atoms with Crippen LogP contribution in [0.4, 0.5) is 26.3 Å². The van der Waals surface area contributed by atoms with Crippen LogP contribution in [0, 0.1) is 0 Å². The number of thioether (sulfide) groups is 1. The van der Waals surface area contributed by atoms with Crippen LogP contribution in [-0.4, -0.2) is 41.3 Å². The van der Waals surface area contributed by atoms with Crippen molar-refractivity contribution in [3.05, 3.63) is 64.2 Å². The molecule has 0 radical (unpaired) electrons. The quantitative estimate of drug-likeness (QED) is 0.265. The SMILES string of the molecule is COC(=O)C[C@@H]1S[C@@H](c2cccc(OC)c2OC(F)(F)F)c2cc(Cl)ccc2-n2c1nnc2C(F)(F)F. The molecule has 0 fully saturated rings. The molecule has 3 aromatic rings. The van der Waals surface area contributed by atoms with Crippen molar-refractivity contribution < 1.29 is 45.3 Å². The van der Waals surface area contributed by atoms with Crippen LogP contribution in [-0.2, 0) is 15.7 Å². The smallest absolute Gasteiger partial charge is 0.493 e. The number of methoxy groups -OCH3 is 2. The molecule has 0 unspecified atom stereocenters. The van der Waals surface area contributed by atoms with E-state index in [1.807, 2.05) is 0 Å². The number of hydrogen-bond acceptors (Lipinski definition) is 7. The lowest BCUT2D eigenvalue weighted by Crippen LogP contribution is -2.19. The van der Waals surface area contributed by atoms with Gasteiger partial charge in [-0.15, -0.1) is 35.1 Å². The van der Waals surface area contributed by atoms with E-state index in [1.54, 1.807) is 0 Å². The summed E-state index contributed by atoms with van der Waals surface area (Å²) in [4.78, 5) is 12.2. The van der Waals surface area contributed by atoms with E-state index in [2.05, 4.69) is 14.9 Å². The van der Waals surface area contributed by atoms with Crippen molar-refractivity contribution in [3.8, 4) is 17.2 Å². The van der Waals surface area contributed by atoms with Crippen LogP contribution in [0.3, 0.4) is 0 Å². The molecule has 0 amide bonds. The average molecular weight is 568 g/mol.